The van der Waals surface area contributed by atoms with Crippen LogP contribution in [0.15, 0.2) is 162 Å². The smallest absolute Gasteiger partial charge is 0.0346 e. The Hall–Kier alpha value is -4.98. The molecule has 0 fully saturated rings. The van der Waals surface area contributed by atoms with Gasteiger partial charge in [-0.1, -0.05) is 175 Å². The van der Waals surface area contributed by atoms with Gasteiger partial charge in [0, 0.05) is 15.8 Å². The van der Waals surface area contributed by atoms with E-state index in [-0.39, 0.29) is 11.3 Å². The summed E-state index contributed by atoms with van der Waals surface area (Å²) in [5.41, 5.74) is 11.9. The maximum absolute atomic E-state index is 3.82. The zero-order valence-electron chi connectivity index (χ0n) is 26.5. The highest BCUT2D eigenvalue weighted by molar-refractivity contribution is 9.10. The zero-order chi connectivity index (χ0) is 31.7. The van der Waals surface area contributed by atoms with Crippen molar-refractivity contribution in [1.82, 2.24) is 0 Å². The van der Waals surface area contributed by atoms with E-state index in [2.05, 4.69) is 188 Å². The Morgan fingerprint density at radius 3 is 1.70 bits per heavy atom. The first-order valence-electron chi connectivity index (χ1n) is 16.4. The number of fused-ring (bicyclic) bond motifs is 6. The molecule has 9 rings (SSSR count). The summed E-state index contributed by atoms with van der Waals surface area (Å²) in [7, 11) is 0. The summed E-state index contributed by atoms with van der Waals surface area (Å²) in [4.78, 5) is 0. The Morgan fingerprint density at radius 1 is 0.468 bits per heavy atom. The molecule has 1 aliphatic carbocycles. The Morgan fingerprint density at radius 2 is 1.02 bits per heavy atom. The molecule has 0 spiro atoms. The van der Waals surface area contributed by atoms with E-state index in [1.165, 1.54) is 82.4 Å². The third-order valence-electron chi connectivity index (χ3n) is 10.4. The third-order valence-corrected chi connectivity index (χ3v) is 10.9. The van der Waals surface area contributed by atoms with Gasteiger partial charge in [-0.3, -0.25) is 0 Å². The fourth-order valence-corrected chi connectivity index (χ4v) is 8.80. The minimum Gasteiger partial charge on any atom is -0.0622 e. The number of benzene rings is 8. The van der Waals surface area contributed by atoms with Gasteiger partial charge in [0.1, 0.15) is 0 Å². The average Bonchev–Trinajstić information content (AvgIpc) is 3.11. The predicted molar refractivity (Wildman–Crippen MR) is 203 cm³/mol. The van der Waals surface area contributed by atoms with Crippen LogP contribution in [0.4, 0.5) is 0 Å². The molecule has 0 saturated carbocycles. The summed E-state index contributed by atoms with van der Waals surface area (Å²) < 4.78 is 1.12. The van der Waals surface area contributed by atoms with Gasteiger partial charge in [0.15, 0.2) is 0 Å². The molecular formula is C46H33Br. The van der Waals surface area contributed by atoms with Gasteiger partial charge in [0.05, 0.1) is 0 Å². The molecule has 0 amide bonds. The molecule has 0 aliphatic heterocycles. The van der Waals surface area contributed by atoms with Crippen molar-refractivity contribution in [3.63, 3.8) is 0 Å². The van der Waals surface area contributed by atoms with Crippen molar-refractivity contribution in [1.29, 1.82) is 0 Å². The van der Waals surface area contributed by atoms with Crippen LogP contribution in [-0.4, -0.2) is 0 Å². The van der Waals surface area contributed by atoms with Crippen LogP contribution in [0.5, 0.6) is 0 Å². The van der Waals surface area contributed by atoms with Crippen molar-refractivity contribution in [3.8, 4) is 22.3 Å². The lowest BCUT2D eigenvalue weighted by Gasteiger charge is -2.41. The van der Waals surface area contributed by atoms with Crippen LogP contribution in [-0.2, 0) is 5.41 Å². The number of hydrogen-bond acceptors (Lipinski definition) is 0. The van der Waals surface area contributed by atoms with Gasteiger partial charge in [-0.15, -0.1) is 0 Å². The van der Waals surface area contributed by atoms with Crippen LogP contribution in [0.3, 0.4) is 0 Å². The molecule has 224 valence electrons. The summed E-state index contributed by atoms with van der Waals surface area (Å²) >= 11 is 3.82. The molecule has 0 heterocycles. The molecule has 0 saturated heterocycles. The van der Waals surface area contributed by atoms with Gasteiger partial charge in [-0.2, -0.15) is 0 Å². The molecule has 8 aromatic carbocycles. The van der Waals surface area contributed by atoms with Crippen molar-refractivity contribution in [3.05, 3.63) is 190 Å². The SMILES string of the molecule is CC1(C)c2cc(Br)ccc2C(c2cccc(-c3c4ccccc4c(-c4ccccc4)c4ccccc34)c2)c2ccc3ccccc3c21. The summed E-state index contributed by atoms with van der Waals surface area (Å²) in [6.07, 6.45) is 0. The summed E-state index contributed by atoms with van der Waals surface area (Å²) in [5, 5.41) is 7.76. The van der Waals surface area contributed by atoms with Crippen LogP contribution < -0.4 is 0 Å². The lowest BCUT2D eigenvalue weighted by molar-refractivity contribution is 0.603. The second-order valence-corrected chi connectivity index (χ2v) is 14.3. The van der Waals surface area contributed by atoms with Crippen LogP contribution in [0, 0.1) is 0 Å². The zero-order valence-corrected chi connectivity index (χ0v) is 28.1. The minimum absolute atomic E-state index is 0.117. The molecule has 8 aromatic rings. The van der Waals surface area contributed by atoms with Crippen LogP contribution in [0.1, 0.15) is 47.6 Å². The Kier molecular flexibility index (Phi) is 6.49. The van der Waals surface area contributed by atoms with Gasteiger partial charge >= 0.3 is 0 Å². The first-order valence-corrected chi connectivity index (χ1v) is 17.2. The van der Waals surface area contributed by atoms with Crippen LogP contribution >= 0.6 is 15.9 Å². The van der Waals surface area contributed by atoms with E-state index in [1.807, 2.05) is 0 Å². The van der Waals surface area contributed by atoms with E-state index in [1.54, 1.807) is 0 Å². The number of hydrogen-bond donors (Lipinski definition) is 0. The monoisotopic (exact) mass is 664 g/mol. The molecule has 0 N–H and O–H groups in total. The summed E-state index contributed by atoms with van der Waals surface area (Å²) in [5.74, 6) is 0.117. The fraction of sp³-hybridized carbons (Fsp3) is 0.0870. The third kappa shape index (κ3) is 4.34. The van der Waals surface area contributed by atoms with Gasteiger partial charge in [0.25, 0.3) is 0 Å². The molecule has 1 heteroatoms. The Bertz CT molecular complexity index is 2450. The standard InChI is InChI=1S/C46H33Br/c1-46(2)41-28-33(47)24-26-39(41)44(40-25-23-29-13-6-7-18-34(29)45(40)46)32-17-12-16-31(27-32)43-37-21-10-8-19-35(37)42(30-14-4-3-5-15-30)36-20-9-11-22-38(36)43/h3-28,44H,1-2H3. The first-order chi connectivity index (χ1) is 23.0. The van der Waals surface area contributed by atoms with Crippen molar-refractivity contribution in [2.24, 2.45) is 0 Å². The molecule has 1 atom stereocenters. The maximum atomic E-state index is 3.82. The number of rotatable bonds is 3. The molecule has 0 aromatic heterocycles. The van der Waals surface area contributed by atoms with Crippen molar-refractivity contribution >= 4 is 48.2 Å². The van der Waals surface area contributed by atoms with E-state index in [0.717, 1.165) is 4.47 Å². The summed E-state index contributed by atoms with van der Waals surface area (Å²) in [6.45, 7) is 4.78. The molecular weight excluding hydrogens is 632 g/mol. The Labute approximate surface area is 284 Å². The van der Waals surface area contributed by atoms with Crippen LogP contribution in [0.2, 0.25) is 0 Å². The topological polar surface area (TPSA) is 0 Å². The van der Waals surface area contributed by atoms with E-state index in [9.17, 15) is 0 Å². The molecule has 0 bridgehead atoms. The van der Waals surface area contributed by atoms with Crippen molar-refractivity contribution in [2.75, 3.05) is 0 Å². The van der Waals surface area contributed by atoms with Gasteiger partial charge < -0.3 is 0 Å². The van der Waals surface area contributed by atoms with Gasteiger partial charge in [-0.25, -0.2) is 0 Å². The normalized spacial score (nSPS) is 15.1. The minimum atomic E-state index is -0.150. The maximum Gasteiger partial charge on any atom is 0.0346 e. The lowest BCUT2D eigenvalue weighted by Crippen LogP contribution is -2.30. The van der Waals surface area contributed by atoms with Crippen molar-refractivity contribution in [2.45, 2.75) is 25.2 Å². The lowest BCUT2D eigenvalue weighted by atomic mass is 9.62. The largest absolute Gasteiger partial charge is 0.0622 e. The summed E-state index contributed by atoms with van der Waals surface area (Å²) in [6, 6.07) is 58.5. The second-order valence-electron chi connectivity index (χ2n) is 13.4. The Balaban J connectivity index is 1.33. The van der Waals surface area contributed by atoms with E-state index in [4.69, 9.17) is 0 Å². The molecule has 47 heavy (non-hydrogen) atoms. The highest BCUT2D eigenvalue weighted by Gasteiger charge is 2.39. The highest BCUT2D eigenvalue weighted by Crippen LogP contribution is 2.52. The second kappa shape index (κ2) is 10.8. The predicted octanol–water partition coefficient (Wildman–Crippen LogP) is 13.1. The fourth-order valence-electron chi connectivity index (χ4n) is 8.44. The quantitative estimate of drug-likeness (QED) is 0.165. The van der Waals surface area contributed by atoms with Crippen molar-refractivity contribution < 1.29 is 0 Å². The molecule has 0 nitrogen and oxygen atoms in total. The van der Waals surface area contributed by atoms with E-state index >= 15 is 0 Å². The first kappa shape index (κ1) is 28.3. The number of halogens is 1. The van der Waals surface area contributed by atoms with Gasteiger partial charge in [0.2, 0.25) is 0 Å². The van der Waals surface area contributed by atoms with Gasteiger partial charge in [-0.05, 0) is 94.5 Å². The molecule has 1 aliphatic rings. The highest BCUT2D eigenvalue weighted by atomic mass is 79.9. The van der Waals surface area contributed by atoms with Crippen LogP contribution in [0.25, 0.3) is 54.6 Å². The average molecular weight is 666 g/mol. The molecule has 0 radical (unpaired) electrons. The molecule has 1 unspecified atom stereocenters. The van der Waals surface area contributed by atoms with E-state index in [0.29, 0.717) is 0 Å². The van der Waals surface area contributed by atoms with E-state index < -0.39 is 0 Å².